The van der Waals surface area contributed by atoms with Crippen LogP contribution in [0.3, 0.4) is 0 Å². The van der Waals surface area contributed by atoms with Crippen LogP contribution >= 0.6 is 0 Å². The second-order valence-corrected chi connectivity index (χ2v) is 5.78. The summed E-state index contributed by atoms with van der Waals surface area (Å²) < 4.78 is 13.3. The van der Waals surface area contributed by atoms with Crippen molar-refractivity contribution in [2.24, 2.45) is 16.9 Å². The maximum absolute atomic E-state index is 13.3. The van der Waals surface area contributed by atoms with Crippen molar-refractivity contribution in [1.82, 2.24) is 0 Å². The van der Waals surface area contributed by atoms with Crippen molar-refractivity contribution < 1.29 is 14.0 Å². The summed E-state index contributed by atoms with van der Waals surface area (Å²) in [5, 5.41) is 2.57. The molecule has 0 saturated heterocycles. The van der Waals surface area contributed by atoms with Crippen LogP contribution in [0.4, 0.5) is 10.1 Å². The maximum atomic E-state index is 13.3. The van der Waals surface area contributed by atoms with Crippen molar-refractivity contribution in [3.8, 4) is 0 Å². The molecular weight excluding hydrogens is 261 g/mol. The molecule has 0 saturated carbocycles. The fourth-order valence-electron chi connectivity index (χ4n) is 1.51. The Hall–Kier alpha value is -1.95. The molecule has 0 aliphatic rings. The number of amides is 2. The molecule has 5 N–H and O–H groups in total. The Balaban J connectivity index is 2.77. The number of carbonyl (C=O) groups is 2. The van der Waals surface area contributed by atoms with Gasteiger partial charge in [0.1, 0.15) is 5.82 Å². The monoisotopic (exact) mass is 281 g/mol. The predicted molar refractivity (Wildman–Crippen MR) is 75.6 cm³/mol. The Labute approximate surface area is 117 Å². The normalized spacial score (nSPS) is 12.8. The number of anilines is 1. The Morgan fingerprint density at radius 3 is 2.45 bits per heavy atom. The van der Waals surface area contributed by atoms with Crippen LogP contribution in [0.2, 0.25) is 0 Å². The van der Waals surface area contributed by atoms with E-state index in [9.17, 15) is 14.0 Å². The molecule has 1 aromatic rings. The second kappa shape index (κ2) is 6.00. The van der Waals surface area contributed by atoms with Gasteiger partial charge in [-0.2, -0.15) is 0 Å². The molecule has 0 aromatic heterocycles. The first kappa shape index (κ1) is 16.1. The molecule has 110 valence electrons. The molecule has 0 bridgehead atoms. The molecule has 0 aliphatic carbocycles. The smallest absolute Gasteiger partial charge is 0.251 e. The third-order valence-corrected chi connectivity index (χ3v) is 3.03. The van der Waals surface area contributed by atoms with Crippen LogP contribution in [0.25, 0.3) is 0 Å². The minimum absolute atomic E-state index is 0.132. The molecular formula is C14H20FN3O2. The van der Waals surface area contributed by atoms with Gasteiger partial charge in [-0.05, 0) is 23.6 Å². The van der Waals surface area contributed by atoms with E-state index >= 15 is 0 Å². The van der Waals surface area contributed by atoms with Crippen molar-refractivity contribution in [2.45, 2.75) is 33.2 Å². The average Bonchev–Trinajstić information content (AvgIpc) is 2.29. The second-order valence-electron chi connectivity index (χ2n) is 5.78. The number of halogens is 1. The van der Waals surface area contributed by atoms with Crippen LogP contribution in [0, 0.1) is 11.2 Å². The zero-order valence-electron chi connectivity index (χ0n) is 11.9. The first-order chi connectivity index (χ1) is 9.11. The van der Waals surface area contributed by atoms with Crippen molar-refractivity contribution in [2.75, 3.05) is 5.32 Å². The molecule has 0 radical (unpaired) electrons. The molecule has 1 atom stereocenters. The van der Waals surface area contributed by atoms with Crippen LogP contribution < -0.4 is 16.8 Å². The average molecular weight is 281 g/mol. The number of nitrogens with one attached hydrogen (secondary N) is 1. The van der Waals surface area contributed by atoms with Crippen molar-refractivity contribution >= 4 is 17.5 Å². The topological polar surface area (TPSA) is 98.2 Å². The summed E-state index contributed by atoms with van der Waals surface area (Å²) in [6, 6.07) is 3.35. The third kappa shape index (κ3) is 4.31. The molecule has 1 rings (SSSR count). The summed E-state index contributed by atoms with van der Waals surface area (Å²) >= 11 is 0. The van der Waals surface area contributed by atoms with Crippen LogP contribution in [0.1, 0.15) is 37.6 Å². The highest BCUT2D eigenvalue weighted by Crippen LogP contribution is 2.20. The van der Waals surface area contributed by atoms with Gasteiger partial charge in [-0.15, -0.1) is 0 Å². The lowest BCUT2D eigenvalue weighted by Gasteiger charge is -2.26. The Kier molecular flexibility index (Phi) is 4.83. The van der Waals surface area contributed by atoms with E-state index in [1.165, 1.54) is 12.1 Å². The number of hydrogen-bond donors (Lipinski definition) is 3. The first-order valence-corrected chi connectivity index (χ1v) is 6.26. The molecule has 0 fully saturated rings. The molecule has 6 heteroatoms. The maximum Gasteiger partial charge on any atom is 0.251 e. The summed E-state index contributed by atoms with van der Waals surface area (Å²) in [5.74, 6) is -1.90. The predicted octanol–water partition coefficient (Wildman–Crippen LogP) is 1.63. The van der Waals surface area contributed by atoms with Crippen molar-refractivity contribution in [3.05, 3.63) is 29.6 Å². The fraction of sp³-hybridized carbons (Fsp3) is 0.429. The van der Waals surface area contributed by atoms with E-state index in [4.69, 9.17) is 11.5 Å². The molecule has 2 amide bonds. The van der Waals surface area contributed by atoms with Gasteiger partial charge < -0.3 is 16.8 Å². The number of hydrogen-bond acceptors (Lipinski definition) is 3. The number of rotatable bonds is 4. The lowest BCUT2D eigenvalue weighted by Crippen LogP contribution is -2.38. The standard InChI is InChI=1S/C14H20FN3O2/c1-14(2,3)11(16)7-12(19)18-8-4-5-10(15)9(6-8)13(17)20/h4-6,11H,7,16H2,1-3H3,(H2,17,20)(H,18,19). The quantitative estimate of drug-likeness (QED) is 0.782. The zero-order chi connectivity index (χ0) is 15.5. The lowest BCUT2D eigenvalue weighted by molar-refractivity contribution is -0.117. The van der Waals surface area contributed by atoms with Gasteiger partial charge in [0.2, 0.25) is 5.91 Å². The number of primary amides is 1. The largest absolute Gasteiger partial charge is 0.366 e. The van der Waals surface area contributed by atoms with Gasteiger partial charge in [-0.3, -0.25) is 9.59 Å². The van der Waals surface area contributed by atoms with E-state index < -0.39 is 11.7 Å². The van der Waals surface area contributed by atoms with E-state index in [1.807, 2.05) is 20.8 Å². The van der Waals surface area contributed by atoms with Crippen LogP contribution in [0.5, 0.6) is 0 Å². The van der Waals surface area contributed by atoms with E-state index in [-0.39, 0.29) is 29.3 Å². The highest BCUT2D eigenvalue weighted by Gasteiger charge is 2.23. The minimum Gasteiger partial charge on any atom is -0.366 e. The SMILES string of the molecule is CC(C)(C)C(N)CC(=O)Nc1ccc(F)c(C(N)=O)c1. The lowest BCUT2D eigenvalue weighted by atomic mass is 9.85. The Bertz CT molecular complexity index is 524. The molecule has 0 aliphatic heterocycles. The summed E-state index contributed by atoms with van der Waals surface area (Å²) in [6.07, 6.45) is 0.132. The van der Waals surface area contributed by atoms with E-state index in [0.29, 0.717) is 5.69 Å². The summed E-state index contributed by atoms with van der Waals surface area (Å²) in [4.78, 5) is 22.9. The molecule has 0 heterocycles. The van der Waals surface area contributed by atoms with Gasteiger partial charge >= 0.3 is 0 Å². The van der Waals surface area contributed by atoms with E-state index in [1.54, 1.807) is 0 Å². The molecule has 1 aromatic carbocycles. The first-order valence-electron chi connectivity index (χ1n) is 6.26. The van der Waals surface area contributed by atoms with Crippen LogP contribution in [0.15, 0.2) is 18.2 Å². The number of nitrogens with two attached hydrogens (primary N) is 2. The highest BCUT2D eigenvalue weighted by molar-refractivity contribution is 5.96. The van der Waals surface area contributed by atoms with Crippen LogP contribution in [-0.4, -0.2) is 17.9 Å². The van der Waals surface area contributed by atoms with Gasteiger partial charge in [0.15, 0.2) is 0 Å². The highest BCUT2D eigenvalue weighted by atomic mass is 19.1. The van der Waals surface area contributed by atoms with Gasteiger partial charge in [0, 0.05) is 18.2 Å². The minimum atomic E-state index is -0.884. The Morgan fingerprint density at radius 1 is 1.35 bits per heavy atom. The summed E-state index contributed by atoms with van der Waals surface area (Å²) in [6.45, 7) is 5.82. The zero-order valence-corrected chi connectivity index (χ0v) is 11.9. The van der Waals surface area contributed by atoms with Crippen molar-refractivity contribution in [1.29, 1.82) is 0 Å². The third-order valence-electron chi connectivity index (χ3n) is 3.03. The van der Waals surface area contributed by atoms with Gasteiger partial charge in [0.05, 0.1) is 5.56 Å². The van der Waals surface area contributed by atoms with Gasteiger partial charge in [-0.1, -0.05) is 20.8 Å². The van der Waals surface area contributed by atoms with E-state index in [2.05, 4.69) is 5.32 Å². The van der Waals surface area contributed by atoms with Gasteiger partial charge in [-0.25, -0.2) is 4.39 Å². The fourth-order valence-corrected chi connectivity index (χ4v) is 1.51. The molecule has 0 spiro atoms. The molecule has 1 unspecified atom stereocenters. The van der Waals surface area contributed by atoms with Crippen LogP contribution in [-0.2, 0) is 4.79 Å². The number of benzene rings is 1. The van der Waals surface area contributed by atoms with E-state index in [0.717, 1.165) is 6.07 Å². The van der Waals surface area contributed by atoms with Gasteiger partial charge in [0.25, 0.3) is 5.91 Å². The number of carbonyl (C=O) groups excluding carboxylic acids is 2. The summed E-state index contributed by atoms with van der Waals surface area (Å²) in [7, 11) is 0. The van der Waals surface area contributed by atoms with Crippen molar-refractivity contribution in [3.63, 3.8) is 0 Å². The molecule has 5 nitrogen and oxygen atoms in total. The Morgan fingerprint density at radius 2 is 1.95 bits per heavy atom. The molecule has 20 heavy (non-hydrogen) atoms. The summed E-state index contributed by atoms with van der Waals surface area (Å²) in [5.41, 5.74) is 10.8.